The quantitative estimate of drug-likeness (QED) is 0.724. The lowest BCUT2D eigenvalue weighted by Gasteiger charge is -2.21. The van der Waals surface area contributed by atoms with Gasteiger partial charge in [-0.05, 0) is 12.1 Å². The van der Waals surface area contributed by atoms with E-state index in [0.717, 1.165) is 0 Å². The van der Waals surface area contributed by atoms with Crippen LogP contribution in [0.5, 0.6) is 11.5 Å². The molecule has 1 heterocycles. The number of hydrogen-bond donors (Lipinski definition) is 1. The number of methoxy groups -OCH3 is 1. The average molecular weight is 194 g/mol. The molecule has 0 aromatic heterocycles. The number of hydrogen-bond acceptors (Lipinski definition) is 4. The van der Waals surface area contributed by atoms with Crippen LogP contribution in [0.2, 0.25) is 0 Å². The minimum atomic E-state index is -1.04. The Kier molecular flexibility index (Phi) is 2.13. The van der Waals surface area contributed by atoms with Gasteiger partial charge < -0.3 is 14.6 Å². The number of carbonyl (C=O) groups is 1. The van der Waals surface area contributed by atoms with E-state index < -0.39 is 6.29 Å². The first kappa shape index (κ1) is 9.02. The van der Waals surface area contributed by atoms with Crippen LogP contribution < -0.4 is 9.47 Å². The summed E-state index contributed by atoms with van der Waals surface area (Å²) >= 11 is 0. The van der Waals surface area contributed by atoms with Crippen LogP contribution in [0.1, 0.15) is 16.8 Å². The van der Waals surface area contributed by atoms with Crippen molar-refractivity contribution in [3.05, 3.63) is 23.8 Å². The van der Waals surface area contributed by atoms with E-state index in [2.05, 4.69) is 0 Å². The number of benzene rings is 1. The molecule has 0 bridgehead atoms. The number of ketones is 1. The van der Waals surface area contributed by atoms with Gasteiger partial charge in [-0.25, -0.2) is 0 Å². The van der Waals surface area contributed by atoms with Crippen molar-refractivity contribution in [1.29, 1.82) is 0 Å². The fourth-order valence-corrected chi connectivity index (χ4v) is 1.41. The predicted octanol–water partition coefficient (Wildman–Crippen LogP) is 0.979. The third kappa shape index (κ3) is 1.44. The highest BCUT2D eigenvalue weighted by Gasteiger charge is 2.24. The Morgan fingerprint density at radius 1 is 1.57 bits per heavy atom. The molecule has 0 spiro atoms. The highest BCUT2D eigenvalue weighted by molar-refractivity contribution is 5.99. The van der Waals surface area contributed by atoms with Crippen LogP contribution >= 0.6 is 0 Å². The van der Waals surface area contributed by atoms with Gasteiger partial charge in [0.2, 0.25) is 6.29 Å². The fraction of sp³-hybridized carbons (Fsp3) is 0.300. The van der Waals surface area contributed by atoms with E-state index in [0.29, 0.717) is 17.1 Å². The van der Waals surface area contributed by atoms with Gasteiger partial charge in [-0.1, -0.05) is 0 Å². The molecule has 4 heteroatoms. The fourth-order valence-electron chi connectivity index (χ4n) is 1.41. The van der Waals surface area contributed by atoms with Crippen LogP contribution in [-0.2, 0) is 0 Å². The first-order chi connectivity index (χ1) is 6.70. The zero-order valence-corrected chi connectivity index (χ0v) is 7.69. The lowest BCUT2D eigenvalue weighted by Crippen LogP contribution is -2.26. The lowest BCUT2D eigenvalue weighted by molar-refractivity contribution is -0.0247. The molecule has 2 rings (SSSR count). The second kappa shape index (κ2) is 3.31. The Morgan fingerprint density at radius 3 is 3.07 bits per heavy atom. The highest BCUT2D eigenvalue weighted by Crippen LogP contribution is 2.30. The third-order valence-corrected chi connectivity index (χ3v) is 2.11. The summed E-state index contributed by atoms with van der Waals surface area (Å²) in [5.74, 6) is 0.875. The van der Waals surface area contributed by atoms with E-state index in [4.69, 9.17) is 9.47 Å². The van der Waals surface area contributed by atoms with E-state index in [-0.39, 0.29) is 12.2 Å². The van der Waals surface area contributed by atoms with Gasteiger partial charge in [-0.3, -0.25) is 4.79 Å². The lowest BCUT2D eigenvalue weighted by atomic mass is 10.0. The van der Waals surface area contributed by atoms with Gasteiger partial charge in [0.15, 0.2) is 5.78 Å². The summed E-state index contributed by atoms with van der Waals surface area (Å²) in [6.45, 7) is 0. The molecule has 1 N–H and O–H groups in total. The molecule has 0 amide bonds. The number of carbonyl (C=O) groups excluding carboxylic acids is 1. The molecule has 0 saturated heterocycles. The van der Waals surface area contributed by atoms with Crippen LogP contribution in [0.3, 0.4) is 0 Å². The molecule has 4 nitrogen and oxygen atoms in total. The Morgan fingerprint density at radius 2 is 2.36 bits per heavy atom. The molecule has 74 valence electrons. The summed E-state index contributed by atoms with van der Waals surface area (Å²) in [6.07, 6.45) is -1.03. The largest absolute Gasteiger partial charge is 0.497 e. The zero-order valence-electron chi connectivity index (χ0n) is 7.69. The standard InChI is InChI=1S/C10H10O4/c1-13-6-2-3-7-8(11)5-10(12)14-9(7)4-6/h2-4,10,12H,5H2,1H3. The number of aliphatic hydroxyl groups is 1. The zero-order chi connectivity index (χ0) is 10.1. The van der Waals surface area contributed by atoms with Gasteiger partial charge in [0, 0.05) is 6.07 Å². The molecule has 14 heavy (non-hydrogen) atoms. The van der Waals surface area contributed by atoms with E-state index in [1.165, 1.54) is 7.11 Å². The Balaban J connectivity index is 2.44. The molecular weight excluding hydrogens is 184 g/mol. The number of ether oxygens (including phenoxy) is 2. The second-order valence-electron chi connectivity index (χ2n) is 3.06. The van der Waals surface area contributed by atoms with Crippen LogP contribution in [0.15, 0.2) is 18.2 Å². The van der Waals surface area contributed by atoms with Gasteiger partial charge >= 0.3 is 0 Å². The molecule has 1 aromatic carbocycles. The summed E-state index contributed by atoms with van der Waals surface area (Å²) < 4.78 is 10.1. The van der Waals surface area contributed by atoms with Crippen molar-refractivity contribution >= 4 is 5.78 Å². The van der Waals surface area contributed by atoms with Crippen LogP contribution in [0, 0.1) is 0 Å². The maximum absolute atomic E-state index is 11.4. The minimum absolute atomic E-state index is 0.0132. The molecule has 0 radical (unpaired) electrons. The van der Waals surface area contributed by atoms with E-state index in [1.54, 1.807) is 18.2 Å². The summed E-state index contributed by atoms with van der Waals surface area (Å²) in [4.78, 5) is 11.4. The maximum atomic E-state index is 11.4. The molecule has 1 aliphatic heterocycles. The normalized spacial score (nSPS) is 19.9. The van der Waals surface area contributed by atoms with Gasteiger partial charge in [-0.15, -0.1) is 0 Å². The number of aliphatic hydroxyl groups excluding tert-OH is 1. The van der Waals surface area contributed by atoms with Crippen molar-refractivity contribution in [2.24, 2.45) is 0 Å². The van der Waals surface area contributed by atoms with Crippen LogP contribution in [0.4, 0.5) is 0 Å². The molecule has 1 atom stereocenters. The molecular formula is C10H10O4. The minimum Gasteiger partial charge on any atom is -0.497 e. The summed E-state index contributed by atoms with van der Waals surface area (Å²) in [6, 6.07) is 4.93. The van der Waals surface area contributed by atoms with Crippen molar-refractivity contribution in [2.75, 3.05) is 7.11 Å². The first-order valence-corrected chi connectivity index (χ1v) is 4.26. The number of Topliss-reactive ketones (excluding diaryl/α,β-unsaturated/α-hetero) is 1. The van der Waals surface area contributed by atoms with Crippen molar-refractivity contribution in [3.8, 4) is 11.5 Å². The Labute approximate surface area is 81.1 Å². The van der Waals surface area contributed by atoms with Crippen molar-refractivity contribution in [1.82, 2.24) is 0 Å². The molecule has 0 fully saturated rings. The van der Waals surface area contributed by atoms with Gasteiger partial charge in [0.25, 0.3) is 0 Å². The molecule has 0 aliphatic carbocycles. The smallest absolute Gasteiger partial charge is 0.204 e. The predicted molar refractivity (Wildman–Crippen MR) is 48.6 cm³/mol. The third-order valence-electron chi connectivity index (χ3n) is 2.11. The Hall–Kier alpha value is -1.55. The van der Waals surface area contributed by atoms with Crippen LogP contribution in [-0.4, -0.2) is 24.3 Å². The Bertz CT molecular complexity index is 372. The first-order valence-electron chi connectivity index (χ1n) is 4.26. The van der Waals surface area contributed by atoms with Crippen LogP contribution in [0.25, 0.3) is 0 Å². The van der Waals surface area contributed by atoms with E-state index in [9.17, 15) is 9.90 Å². The van der Waals surface area contributed by atoms with Crippen molar-refractivity contribution in [2.45, 2.75) is 12.7 Å². The molecule has 1 aliphatic rings. The second-order valence-corrected chi connectivity index (χ2v) is 3.06. The van der Waals surface area contributed by atoms with E-state index in [1.807, 2.05) is 0 Å². The summed E-state index contributed by atoms with van der Waals surface area (Å²) in [7, 11) is 1.53. The average Bonchev–Trinajstić information content (AvgIpc) is 2.16. The van der Waals surface area contributed by atoms with Gasteiger partial charge in [-0.2, -0.15) is 0 Å². The maximum Gasteiger partial charge on any atom is 0.204 e. The van der Waals surface area contributed by atoms with Gasteiger partial charge in [0.05, 0.1) is 19.1 Å². The summed E-state index contributed by atoms with van der Waals surface area (Å²) in [5, 5.41) is 9.21. The number of fused-ring (bicyclic) bond motifs is 1. The van der Waals surface area contributed by atoms with Gasteiger partial charge in [0.1, 0.15) is 11.5 Å². The topological polar surface area (TPSA) is 55.8 Å². The monoisotopic (exact) mass is 194 g/mol. The molecule has 0 saturated carbocycles. The molecule has 1 aromatic rings. The van der Waals surface area contributed by atoms with Crippen molar-refractivity contribution in [3.63, 3.8) is 0 Å². The number of rotatable bonds is 1. The van der Waals surface area contributed by atoms with Crippen molar-refractivity contribution < 1.29 is 19.4 Å². The highest BCUT2D eigenvalue weighted by atomic mass is 16.6. The summed E-state index contributed by atoms with van der Waals surface area (Å²) in [5.41, 5.74) is 0.496. The molecule has 1 unspecified atom stereocenters. The SMILES string of the molecule is COc1ccc2c(c1)OC(O)CC2=O. The van der Waals surface area contributed by atoms with E-state index >= 15 is 0 Å².